The maximum Gasteiger partial charge on any atom is 0.348 e. The molecule has 2 aromatic rings. The van der Waals surface area contributed by atoms with Crippen LogP contribution in [0.1, 0.15) is 96.3 Å². The van der Waals surface area contributed by atoms with Crippen LogP contribution in [0.5, 0.6) is 5.75 Å². The molecule has 4 rings (SSSR count). The van der Waals surface area contributed by atoms with Gasteiger partial charge in [0.2, 0.25) is 82.5 Å². The highest BCUT2D eigenvalue weighted by molar-refractivity contribution is 8.00. The van der Waals surface area contributed by atoms with Gasteiger partial charge in [-0.25, -0.2) is 4.79 Å². The van der Waals surface area contributed by atoms with Crippen LogP contribution >= 0.6 is 11.8 Å². The number of aliphatic carboxylic acids is 1. The molecule has 2 aliphatic rings. The molecule has 0 saturated heterocycles. The number of aliphatic hydroxyl groups excluding tert-OH is 3. The number of benzene rings is 3. The summed E-state index contributed by atoms with van der Waals surface area (Å²) in [6.07, 6.45) is -7.47. The fourth-order valence-corrected chi connectivity index (χ4v) is 11.0. The van der Waals surface area contributed by atoms with E-state index in [0.29, 0.717) is 29.5 Å². The number of carbonyl (C=O) groups excluding carboxylic acids is 13. The Morgan fingerprint density at radius 3 is 1.51 bits per heavy atom. The van der Waals surface area contributed by atoms with E-state index >= 15 is 0 Å². The summed E-state index contributed by atoms with van der Waals surface area (Å²) in [6, 6.07) is -4.47. The Bertz CT molecular complexity index is 3880. The Morgan fingerprint density at radius 2 is 1.02 bits per heavy atom. The van der Waals surface area contributed by atoms with E-state index in [-0.39, 0.29) is 64.7 Å². The van der Waals surface area contributed by atoms with Crippen LogP contribution in [-0.4, -0.2) is 210 Å². The highest BCUT2D eigenvalue weighted by atomic mass is 32.2. The van der Waals surface area contributed by atoms with Crippen molar-refractivity contribution in [2.24, 2.45) is 28.9 Å². The summed E-state index contributed by atoms with van der Waals surface area (Å²) >= 11 is 0.859. The zero-order valence-electron chi connectivity index (χ0n) is 56.0. The summed E-state index contributed by atoms with van der Waals surface area (Å²) in [5.74, 6) is -20.6. The monoisotopic (exact) mass is 1450 g/mol. The number of rotatable bonds is 41. The van der Waals surface area contributed by atoms with E-state index in [0.717, 1.165) is 25.6 Å². The predicted molar refractivity (Wildman–Crippen MR) is 359 cm³/mol. The van der Waals surface area contributed by atoms with Crippen molar-refractivity contribution in [3.63, 3.8) is 0 Å². The molecule has 0 spiro atoms. The Hall–Kier alpha value is -11.3. The zero-order valence-corrected chi connectivity index (χ0v) is 56.8. The van der Waals surface area contributed by atoms with Gasteiger partial charge in [0.15, 0.2) is 5.43 Å². The van der Waals surface area contributed by atoms with Crippen molar-refractivity contribution in [1.29, 1.82) is 0 Å². The fourth-order valence-electron chi connectivity index (χ4n) is 10.1. The first-order chi connectivity index (χ1) is 47.8. The highest BCUT2D eigenvalue weighted by Crippen LogP contribution is 2.42. The van der Waals surface area contributed by atoms with Crippen LogP contribution in [0.2, 0.25) is 0 Å². The summed E-state index contributed by atoms with van der Waals surface area (Å²) < 4.78 is 5.87. The van der Waals surface area contributed by atoms with Crippen molar-refractivity contribution in [3.8, 4) is 28.2 Å². The van der Waals surface area contributed by atoms with Crippen molar-refractivity contribution in [1.82, 2.24) is 47.9 Å². The topological polar surface area (TPSA) is 662 Å². The minimum absolute atomic E-state index is 0.0869. The number of hydrogen-bond acceptors (Lipinski definition) is 21. The van der Waals surface area contributed by atoms with Crippen LogP contribution < -0.4 is 86.9 Å². The average Bonchev–Trinajstić information content (AvgIpc) is 0.748. The first kappa shape index (κ1) is 83.1. The van der Waals surface area contributed by atoms with Gasteiger partial charge in [0, 0.05) is 53.5 Å². The molecule has 1 heterocycles. The summed E-state index contributed by atoms with van der Waals surface area (Å²) in [5, 5.41) is 82.3. The number of carbonyl (C=O) groups is 15. The van der Waals surface area contributed by atoms with Gasteiger partial charge in [-0.3, -0.25) is 71.9 Å². The lowest BCUT2D eigenvalue weighted by molar-refractivity contribution is -0.368. The molecule has 0 fully saturated rings. The number of unbranched alkanes of at least 4 members (excludes halogenated alkanes) is 1. The number of aromatic hydroxyl groups is 1. The molecule has 38 nitrogen and oxygen atoms in total. The number of hydrogen-bond donors (Lipinski definition) is 21. The van der Waals surface area contributed by atoms with Crippen LogP contribution in [0.4, 0.5) is 5.69 Å². The summed E-state index contributed by atoms with van der Waals surface area (Å²) in [6.45, 7) is 6.81. The molecule has 0 saturated carbocycles. The van der Waals surface area contributed by atoms with Gasteiger partial charge in [0.25, 0.3) is 0 Å². The van der Waals surface area contributed by atoms with E-state index in [1.165, 1.54) is 61.5 Å². The number of phenols is 1. The first-order valence-corrected chi connectivity index (χ1v) is 32.6. The molecule has 27 N–H and O–H groups in total. The van der Waals surface area contributed by atoms with Gasteiger partial charge in [-0.15, -0.1) is 11.8 Å². The number of quaternary nitrogens is 1. The first-order valence-electron chi connectivity index (χ1n) is 31.5. The molecule has 13 amide bonds. The SMILES string of the molecule is CC(=O)N[C@H](C(=O)N[C@@H](CCCC[NH3+])C(=O)N[C@@H](CC(=O)O)C(=O)N[C@H](C(=O)N[C@@H](CC(N)=O)C(=O)N[C@@H](CC(N)=O)C(=O)N[C@@H](CC(N)=O)C(=O)N[C@@H](CC(C)C)C(=O)N[C@@H](CSCC(O)=[NH+]c1ccc(-c2c3ccc(=O)cc-3oc3cc(O)ccc23)c(C(=O)O)c1)C(N)=O)[C@@H](C)O)[C@@H](C)O. The van der Waals surface area contributed by atoms with E-state index in [1.54, 1.807) is 13.8 Å². The number of primary amides is 4. The number of aromatic carboxylic acids is 1. The fraction of sp³-hybridized carbons (Fsp3) is 0.444. The molecule has 11 atom stereocenters. The van der Waals surface area contributed by atoms with Crippen molar-refractivity contribution in [2.75, 3.05) is 18.1 Å². The van der Waals surface area contributed by atoms with Crippen molar-refractivity contribution >= 4 is 123 Å². The summed E-state index contributed by atoms with van der Waals surface area (Å²) in [4.78, 5) is 212. The molecule has 39 heteroatoms. The Labute approximate surface area is 584 Å². The summed E-state index contributed by atoms with van der Waals surface area (Å²) in [5.41, 5.74) is 26.1. The molecule has 0 unspecified atom stereocenters. The number of amides is 13. The molecule has 0 radical (unpaired) electrons. The average molecular weight is 1450 g/mol. The third-order valence-electron chi connectivity index (χ3n) is 14.9. The molecular weight excluding hydrogens is 1370 g/mol. The number of nitrogens with one attached hydrogen (secondary N) is 10. The molecule has 102 heavy (non-hydrogen) atoms. The van der Waals surface area contributed by atoms with E-state index in [4.69, 9.17) is 27.4 Å². The predicted octanol–water partition coefficient (Wildman–Crippen LogP) is -7.44. The van der Waals surface area contributed by atoms with Crippen molar-refractivity contribution in [3.05, 3.63) is 70.4 Å². The third-order valence-corrected chi connectivity index (χ3v) is 16.0. The molecule has 0 aromatic heterocycles. The van der Waals surface area contributed by atoms with Crippen LogP contribution in [-0.2, 0) is 67.1 Å². The third kappa shape index (κ3) is 25.8. The maximum atomic E-state index is 14.0. The largest absolute Gasteiger partial charge is 0.508 e. The molecule has 1 aliphatic carbocycles. The van der Waals surface area contributed by atoms with Crippen LogP contribution in [0, 0.1) is 5.92 Å². The number of aliphatic hydroxyl groups is 3. The van der Waals surface area contributed by atoms with E-state index in [9.17, 15) is 107 Å². The van der Waals surface area contributed by atoms with Crippen LogP contribution in [0.15, 0.2) is 63.8 Å². The van der Waals surface area contributed by atoms with Gasteiger partial charge in [0.1, 0.15) is 77.2 Å². The lowest BCUT2D eigenvalue weighted by Gasteiger charge is -2.28. The number of thioether (sulfide) groups is 1. The minimum atomic E-state index is -2.16. The zero-order chi connectivity index (χ0) is 76.6. The van der Waals surface area contributed by atoms with Gasteiger partial charge < -0.3 is 112 Å². The molecule has 2 aromatic carbocycles. The Morgan fingerprint density at radius 1 is 0.549 bits per heavy atom. The number of carboxylic acid groups (broad SMARTS) is 2. The standard InChI is InChI=1S/C63H83N15O23S/c1-26(2)16-38(56(92)77-43(54(68)90)24-102-25-49(87)70-30-9-12-33(36(17-30)63(99)100)51-34-13-10-31(82)18-44(34)101-45-19-32(83)11-14-35(45)51)72-57(93)39(20-46(65)84)73-58(94)40(21-47(66)85)74-59(95)41(22-48(67)86)76-62(98)53(28(4)80)78-60(96)42(23-50(88)89)75-55(91)37(8-6-7-15-64)71-61(97)52(27(3)79)69-29(5)81/h9-14,17-19,26-28,37-43,52-53,79-80,82H,6-8,15-16,20-25,64H2,1-5H3,(H2,65,84)(H2,66,85)(H2,67,86)(H2,68,90)(H,69,81)(H,70,87)(H,71,97)(H,72,93)(H,73,94)(H,74,95)(H,75,91)(H,76,98)(H,77,92)(H,78,96)(H,88,89)(H,99,100)/p+2/t27-,28-,37+,38+,39+,40+,41+,42+,43+,52+,53+/m1/s1. The van der Waals surface area contributed by atoms with Crippen LogP contribution in [0.25, 0.3) is 33.4 Å². The lowest BCUT2D eigenvalue weighted by atomic mass is 9.90. The number of nitrogens with two attached hydrogens (primary N) is 4. The molecule has 554 valence electrons. The quantitative estimate of drug-likeness (QED) is 0.00849. The lowest BCUT2D eigenvalue weighted by Crippen LogP contribution is -2.67. The van der Waals surface area contributed by atoms with Crippen LogP contribution in [0.3, 0.4) is 0 Å². The normalized spacial score (nSPS) is 14.6. The molecular formula is C63H85N15O23S+2. The van der Waals surface area contributed by atoms with Gasteiger partial charge in [-0.2, -0.15) is 4.99 Å². The number of fused-ring (bicyclic) bond motifs is 2. The van der Waals surface area contributed by atoms with Gasteiger partial charge in [-0.05, 0) is 81.3 Å². The summed E-state index contributed by atoms with van der Waals surface area (Å²) in [7, 11) is 0. The Kier molecular flexibility index (Phi) is 31.7. The van der Waals surface area contributed by atoms with E-state index in [2.05, 4.69) is 42.6 Å². The highest BCUT2D eigenvalue weighted by Gasteiger charge is 2.39. The Balaban J connectivity index is 1.50. The second-order valence-corrected chi connectivity index (χ2v) is 25.1. The number of phenolic OH excluding ortho intramolecular Hbond substituents is 1. The molecule has 1 aliphatic heterocycles. The van der Waals surface area contributed by atoms with Gasteiger partial charge in [0.05, 0.1) is 50.0 Å². The smallest absolute Gasteiger partial charge is 0.348 e. The van der Waals surface area contributed by atoms with Crippen molar-refractivity contribution < 1.29 is 118 Å². The maximum absolute atomic E-state index is 14.0. The number of carboxylic acids is 2. The van der Waals surface area contributed by atoms with E-state index < -0.39 is 198 Å². The van der Waals surface area contributed by atoms with Gasteiger partial charge >= 0.3 is 17.8 Å². The molecule has 0 bridgehead atoms. The van der Waals surface area contributed by atoms with E-state index in [1.807, 2.05) is 16.0 Å². The second-order valence-electron chi connectivity index (χ2n) is 24.0. The minimum Gasteiger partial charge on any atom is -0.508 e. The van der Waals surface area contributed by atoms with Gasteiger partial charge in [-0.1, -0.05) is 13.8 Å². The second kappa shape index (κ2) is 38.9. The van der Waals surface area contributed by atoms with Crippen molar-refractivity contribution in [2.45, 2.75) is 153 Å².